The van der Waals surface area contributed by atoms with Crippen LogP contribution in [0.4, 0.5) is 4.39 Å². The van der Waals surface area contributed by atoms with Crippen LogP contribution in [0, 0.1) is 5.82 Å². The summed E-state index contributed by atoms with van der Waals surface area (Å²) in [6.07, 6.45) is 0. The van der Waals surface area contributed by atoms with Crippen molar-refractivity contribution in [1.29, 1.82) is 0 Å². The lowest BCUT2D eigenvalue weighted by Gasteiger charge is -2.08. The SMILES string of the molecule is COCCNC(=O)CNS(=O)(=O)c1ccc(Br)c(F)c1. The second-order valence-electron chi connectivity index (χ2n) is 3.74. The van der Waals surface area contributed by atoms with Crippen molar-refractivity contribution in [1.82, 2.24) is 10.0 Å². The number of hydrogen-bond donors (Lipinski definition) is 2. The highest BCUT2D eigenvalue weighted by atomic mass is 79.9. The summed E-state index contributed by atoms with van der Waals surface area (Å²) < 4.78 is 43.9. The molecule has 2 N–H and O–H groups in total. The summed E-state index contributed by atoms with van der Waals surface area (Å²) in [6, 6.07) is 3.39. The zero-order chi connectivity index (χ0) is 15.2. The maximum absolute atomic E-state index is 13.3. The summed E-state index contributed by atoms with van der Waals surface area (Å²) in [4.78, 5) is 11.1. The van der Waals surface area contributed by atoms with Gasteiger partial charge in [0.05, 0.1) is 22.5 Å². The molecule has 9 heteroatoms. The molecule has 1 amide bonds. The largest absolute Gasteiger partial charge is 0.383 e. The number of carbonyl (C=O) groups is 1. The van der Waals surface area contributed by atoms with E-state index in [0.29, 0.717) is 6.61 Å². The number of rotatable bonds is 7. The van der Waals surface area contributed by atoms with Crippen LogP contribution in [0.1, 0.15) is 0 Å². The van der Waals surface area contributed by atoms with Gasteiger partial charge in [0.25, 0.3) is 0 Å². The molecule has 6 nitrogen and oxygen atoms in total. The minimum Gasteiger partial charge on any atom is -0.383 e. The highest BCUT2D eigenvalue weighted by Crippen LogP contribution is 2.19. The Labute approximate surface area is 124 Å². The Morgan fingerprint density at radius 3 is 2.75 bits per heavy atom. The van der Waals surface area contributed by atoms with Crippen molar-refractivity contribution in [2.24, 2.45) is 0 Å². The number of benzene rings is 1. The quantitative estimate of drug-likeness (QED) is 0.691. The Balaban J connectivity index is 2.61. The Kier molecular flexibility index (Phi) is 6.53. The minimum atomic E-state index is -3.93. The van der Waals surface area contributed by atoms with Gasteiger partial charge in [-0.3, -0.25) is 4.79 Å². The summed E-state index contributed by atoms with van der Waals surface area (Å²) in [7, 11) is -2.45. The van der Waals surface area contributed by atoms with E-state index in [4.69, 9.17) is 4.74 Å². The molecule has 112 valence electrons. The molecule has 0 fully saturated rings. The van der Waals surface area contributed by atoms with E-state index in [1.807, 2.05) is 0 Å². The van der Waals surface area contributed by atoms with Crippen molar-refractivity contribution in [3.8, 4) is 0 Å². The lowest BCUT2D eigenvalue weighted by molar-refractivity contribution is -0.120. The van der Waals surface area contributed by atoms with E-state index in [1.165, 1.54) is 19.2 Å². The molecule has 1 aromatic carbocycles. The van der Waals surface area contributed by atoms with Crippen molar-refractivity contribution in [2.75, 3.05) is 26.8 Å². The molecule has 0 bridgehead atoms. The molecule has 0 spiro atoms. The zero-order valence-corrected chi connectivity index (χ0v) is 13.1. The lowest BCUT2D eigenvalue weighted by atomic mass is 10.3. The number of ether oxygens (including phenoxy) is 1. The van der Waals surface area contributed by atoms with Crippen LogP contribution in [0.3, 0.4) is 0 Å². The molecule has 0 atom stereocenters. The van der Waals surface area contributed by atoms with Crippen LogP contribution in [0.25, 0.3) is 0 Å². The second kappa shape index (κ2) is 7.67. The fourth-order valence-corrected chi connectivity index (χ4v) is 2.48. The van der Waals surface area contributed by atoms with Gasteiger partial charge in [-0.2, -0.15) is 0 Å². The van der Waals surface area contributed by atoms with Gasteiger partial charge in [0.2, 0.25) is 15.9 Å². The molecular weight excluding hydrogens is 355 g/mol. The van der Waals surface area contributed by atoms with Crippen LogP contribution in [0.2, 0.25) is 0 Å². The Bertz CT molecular complexity index is 580. The molecule has 0 saturated carbocycles. The molecule has 0 unspecified atom stereocenters. The van der Waals surface area contributed by atoms with Gasteiger partial charge in [-0.25, -0.2) is 17.5 Å². The van der Waals surface area contributed by atoms with Gasteiger partial charge in [-0.05, 0) is 34.1 Å². The van der Waals surface area contributed by atoms with Crippen LogP contribution in [0.15, 0.2) is 27.6 Å². The normalized spacial score (nSPS) is 11.3. The monoisotopic (exact) mass is 368 g/mol. The molecule has 20 heavy (non-hydrogen) atoms. The summed E-state index contributed by atoms with van der Waals surface area (Å²) in [5.74, 6) is -1.19. The van der Waals surface area contributed by atoms with E-state index in [9.17, 15) is 17.6 Å². The fourth-order valence-electron chi connectivity index (χ4n) is 1.24. The summed E-state index contributed by atoms with van der Waals surface area (Å²) in [5, 5.41) is 2.46. The van der Waals surface area contributed by atoms with E-state index in [0.717, 1.165) is 6.07 Å². The Hall–Kier alpha value is -1.03. The average molecular weight is 369 g/mol. The van der Waals surface area contributed by atoms with Crippen LogP contribution < -0.4 is 10.0 Å². The topological polar surface area (TPSA) is 84.5 Å². The fraction of sp³-hybridized carbons (Fsp3) is 0.364. The molecule has 0 aliphatic rings. The Morgan fingerprint density at radius 1 is 1.45 bits per heavy atom. The third kappa shape index (κ3) is 5.16. The highest BCUT2D eigenvalue weighted by molar-refractivity contribution is 9.10. The number of sulfonamides is 1. The molecule has 0 heterocycles. The lowest BCUT2D eigenvalue weighted by Crippen LogP contribution is -2.38. The first-order valence-electron chi connectivity index (χ1n) is 5.57. The number of carbonyl (C=O) groups excluding carboxylic acids is 1. The number of methoxy groups -OCH3 is 1. The number of amides is 1. The van der Waals surface area contributed by atoms with E-state index in [-0.39, 0.29) is 15.9 Å². The van der Waals surface area contributed by atoms with Gasteiger partial charge in [0.15, 0.2) is 0 Å². The maximum atomic E-state index is 13.3. The third-order valence-corrected chi connectivity index (χ3v) is 4.29. The van der Waals surface area contributed by atoms with Crippen molar-refractivity contribution in [3.05, 3.63) is 28.5 Å². The van der Waals surface area contributed by atoms with E-state index in [1.54, 1.807) is 0 Å². The van der Waals surface area contributed by atoms with Gasteiger partial charge < -0.3 is 10.1 Å². The van der Waals surface area contributed by atoms with Gasteiger partial charge in [-0.15, -0.1) is 0 Å². The number of halogens is 2. The molecule has 0 saturated heterocycles. The second-order valence-corrected chi connectivity index (χ2v) is 6.36. The molecule has 0 aliphatic heterocycles. The standard InChI is InChI=1S/C11H14BrFN2O4S/c1-19-5-4-14-11(16)7-15-20(17,18)8-2-3-9(12)10(13)6-8/h2-3,6,15H,4-5,7H2,1H3,(H,14,16). The van der Waals surface area contributed by atoms with Crippen molar-refractivity contribution in [2.45, 2.75) is 4.90 Å². The van der Waals surface area contributed by atoms with Gasteiger partial charge in [0.1, 0.15) is 5.82 Å². The summed E-state index contributed by atoms with van der Waals surface area (Å²) >= 11 is 2.93. The summed E-state index contributed by atoms with van der Waals surface area (Å²) in [5.41, 5.74) is 0. The van der Waals surface area contributed by atoms with Gasteiger partial charge >= 0.3 is 0 Å². The van der Waals surface area contributed by atoms with Gasteiger partial charge in [-0.1, -0.05) is 0 Å². The first-order valence-corrected chi connectivity index (χ1v) is 7.85. The minimum absolute atomic E-state index is 0.161. The molecule has 1 rings (SSSR count). The average Bonchev–Trinajstić information content (AvgIpc) is 2.40. The van der Waals surface area contributed by atoms with Crippen LogP contribution >= 0.6 is 15.9 Å². The van der Waals surface area contributed by atoms with Gasteiger partial charge in [0, 0.05) is 13.7 Å². The maximum Gasteiger partial charge on any atom is 0.241 e. The Morgan fingerprint density at radius 2 is 2.15 bits per heavy atom. The highest BCUT2D eigenvalue weighted by Gasteiger charge is 2.16. The van der Waals surface area contributed by atoms with Crippen LogP contribution in [0.5, 0.6) is 0 Å². The smallest absolute Gasteiger partial charge is 0.241 e. The summed E-state index contributed by atoms with van der Waals surface area (Å²) in [6.45, 7) is 0.185. The molecule has 0 radical (unpaired) electrons. The molecule has 0 aliphatic carbocycles. The van der Waals surface area contributed by atoms with Crippen molar-refractivity contribution in [3.63, 3.8) is 0 Å². The van der Waals surface area contributed by atoms with E-state index in [2.05, 4.69) is 26.0 Å². The molecule has 0 aromatic heterocycles. The number of hydrogen-bond acceptors (Lipinski definition) is 4. The van der Waals surface area contributed by atoms with Crippen molar-refractivity contribution < 1.29 is 22.3 Å². The predicted octanol–water partition coefficient (Wildman–Crippen LogP) is 0.629. The predicted molar refractivity (Wildman–Crippen MR) is 74.2 cm³/mol. The zero-order valence-electron chi connectivity index (χ0n) is 10.7. The third-order valence-electron chi connectivity index (χ3n) is 2.25. The van der Waals surface area contributed by atoms with E-state index < -0.39 is 28.3 Å². The first kappa shape index (κ1) is 17.0. The van der Waals surface area contributed by atoms with E-state index >= 15 is 0 Å². The molecule has 1 aromatic rings. The number of nitrogens with one attached hydrogen (secondary N) is 2. The van der Waals surface area contributed by atoms with Crippen molar-refractivity contribution >= 4 is 31.9 Å². The molecular formula is C11H14BrFN2O4S. The first-order chi connectivity index (χ1) is 9.36. The van der Waals surface area contributed by atoms with Crippen LogP contribution in [-0.2, 0) is 19.6 Å². The van der Waals surface area contributed by atoms with Crippen LogP contribution in [-0.4, -0.2) is 41.1 Å².